The second kappa shape index (κ2) is 7.34. The van der Waals surface area contributed by atoms with Gasteiger partial charge in [0.2, 0.25) is 5.78 Å². The quantitative estimate of drug-likeness (QED) is 0.489. The van der Waals surface area contributed by atoms with Crippen molar-refractivity contribution in [2.75, 3.05) is 6.61 Å². The van der Waals surface area contributed by atoms with Crippen LogP contribution >= 0.6 is 23.2 Å². The summed E-state index contributed by atoms with van der Waals surface area (Å²) >= 11 is 12.2. The van der Waals surface area contributed by atoms with E-state index in [0.29, 0.717) is 39.3 Å². The standard InChI is InChI=1S/C20H16Cl2O3/c1-12(2)8-9-24-14-6-7-15-17(11-14)25-18(20(15)23)10-13-4-3-5-16(21)19(13)22/h3-8,10-11H,9H2,1-2H3/b18-10-. The van der Waals surface area contributed by atoms with Gasteiger partial charge in [0.25, 0.3) is 0 Å². The molecule has 25 heavy (non-hydrogen) atoms. The summed E-state index contributed by atoms with van der Waals surface area (Å²) in [5.41, 5.74) is 2.31. The molecule has 5 heteroatoms. The number of hydrogen-bond donors (Lipinski definition) is 0. The van der Waals surface area contributed by atoms with Gasteiger partial charge in [-0.1, -0.05) is 40.9 Å². The van der Waals surface area contributed by atoms with E-state index in [9.17, 15) is 4.79 Å². The molecule has 0 aromatic heterocycles. The zero-order chi connectivity index (χ0) is 18.0. The molecule has 3 nitrogen and oxygen atoms in total. The number of carbonyl (C=O) groups is 1. The molecule has 0 unspecified atom stereocenters. The van der Waals surface area contributed by atoms with Crippen LogP contribution < -0.4 is 9.47 Å². The molecule has 2 aromatic carbocycles. The highest BCUT2D eigenvalue weighted by atomic mass is 35.5. The van der Waals surface area contributed by atoms with E-state index in [1.165, 1.54) is 5.57 Å². The summed E-state index contributed by atoms with van der Waals surface area (Å²) in [6.07, 6.45) is 3.58. The molecule has 0 spiro atoms. The van der Waals surface area contributed by atoms with E-state index >= 15 is 0 Å². The molecule has 1 aliphatic heterocycles. The number of halogens is 2. The number of benzene rings is 2. The van der Waals surface area contributed by atoms with Gasteiger partial charge in [0, 0.05) is 6.07 Å². The molecular weight excluding hydrogens is 359 g/mol. The van der Waals surface area contributed by atoms with Crippen molar-refractivity contribution in [1.82, 2.24) is 0 Å². The zero-order valence-electron chi connectivity index (χ0n) is 13.8. The van der Waals surface area contributed by atoms with Crippen molar-refractivity contribution in [3.63, 3.8) is 0 Å². The molecule has 2 aromatic rings. The minimum atomic E-state index is -0.193. The molecule has 0 bridgehead atoms. The van der Waals surface area contributed by atoms with Crippen LogP contribution in [-0.2, 0) is 0 Å². The number of fused-ring (bicyclic) bond motifs is 1. The second-order valence-electron chi connectivity index (χ2n) is 5.83. The molecule has 3 rings (SSSR count). The maximum Gasteiger partial charge on any atom is 0.231 e. The number of rotatable bonds is 4. The highest BCUT2D eigenvalue weighted by Crippen LogP contribution is 2.36. The first kappa shape index (κ1) is 17.6. The van der Waals surface area contributed by atoms with Crippen LogP contribution in [0.1, 0.15) is 29.8 Å². The lowest BCUT2D eigenvalue weighted by Gasteiger charge is -2.05. The van der Waals surface area contributed by atoms with Crippen LogP contribution in [0.3, 0.4) is 0 Å². The smallest absolute Gasteiger partial charge is 0.231 e. The van der Waals surface area contributed by atoms with Crippen molar-refractivity contribution < 1.29 is 14.3 Å². The molecule has 1 aliphatic rings. The lowest BCUT2D eigenvalue weighted by molar-refractivity contribution is 0.101. The highest BCUT2D eigenvalue weighted by molar-refractivity contribution is 6.43. The first-order chi connectivity index (χ1) is 12.0. The predicted molar refractivity (Wildman–Crippen MR) is 101 cm³/mol. The summed E-state index contributed by atoms with van der Waals surface area (Å²) in [6, 6.07) is 10.4. The number of carbonyl (C=O) groups excluding carboxylic acids is 1. The summed E-state index contributed by atoms with van der Waals surface area (Å²) in [5, 5.41) is 0.809. The van der Waals surface area contributed by atoms with Crippen molar-refractivity contribution in [1.29, 1.82) is 0 Å². The number of hydrogen-bond acceptors (Lipinski definition) is 3. The average molecular weight is 375 g/mol. The van der Waals surface area contributed by atoms with Crippen LogP contribution in [-0.4, -0.2) is 12.4 Å². The maximum absolute atomic E-state index is 12.5. The first-order valence-corrected chi connectivity index (χ1v) is 8.50. The first-order valence-electron chi connectivity index (χ1n) is 7.74. The number of ketones is 1. The van der Waals surface area contributed by atoms with Crippen LogP contribution in [0, 0.1) is 0 Å². The monoisotopic (exact) mass is 374 g/mol. The summed E-state index contributed by atoms with van der Waals surface area (Å²) in [7, 11) is 0. The van der Waals surface area contributed by atoms with Gasteiger partial charge >= 0.3 is 0 Å². The van der Waals surface area contributed by atoms with E-state index in [4.69, 9.17) is 32.7 Å². The molecule has 0 aliphatic carbocycles. The minimum absolute atomic E-state index is 0.193. The SMILES string of the molecule is CC(C)=CCOc1ccc2c(c1)O/C(=C\c1cccc(Cl)c1Cl)C2=O. The lowest BCUT2D eigenvalue weighted by Crippen LogP contribution is -1.98. The largest absolute Gasteiger partial charge is 0.489 e. The third kappa shape index (κ3) is 3.89. The second-order valence-corrected chi connectivity index (χ2v) is 6.62. The minimum Gasteiger partial charge on any atom is -0.489 e. The van der Waals surface area contributed by atoms with E-state index in [2.05, 4.69) is 0 Å². The molecule has 1 heterocycles. The third-order valence-electron chi connectivity index (χ3n) is 3.65. The van der Waals surface area contributed by atoms with Crippen LogP contribution in [0.2, 0.25) is 10.0 Å². The fraction of sp³-hybridized carbons (Fsp3) is 0.150. The van der Waals surface area contributed by atoms with Crippen LogP contribution in [0.4, 0.5) is 0 Å². The van der Waals surface area contributed by atoms with Crippen molar-refractivity contribution in [3.8, 4) is 11.5 Å². The van der Waals surface area contributed by atoms with E-state index in [1.807, 2.05) is 19.9 Å². The van der Waals surface area contributed by atoms with Crippen molar-refractivity contribution in [2.45, 2.75) is 13.8 Å². The Morgan fingerprint density at radius 3 is 2.76 bits per heavy atom. The Morgan fingerprint density at radius 2 is 2.00 bits per heavy atom. The Morgan fingerprint density at radius 1 is 1.20 bits per heavy atom. The molecule has 0 amide bonds. The fourth-order valence-electron chi connectivity index (χ4n) is 2.33. The van der Waals surface area contributed by atoms with Crippen LogP contribution in [0.15, 0.2) is 53.8 Å². The van der Waals surface area contributed by atoms with E-state index in [0.717, 1.165) is 0 Å². The average Bonchev–Trinajstić information content (AvgIpc) is 2.87. The summed E-state index contributed by atoms with van der Waals surface area (Å²) in [5.74, 6) is 1.14. The lowest BCUT2D eigenvalue weighted by atomic mass is 10.1. The summed E-state index contributed by atoms with van der Waals surface area (Å²) < 4.78 is 11.3. The van der Waals surface area contributed by atoms with Gasteiger partial charge in [-0.25, -0.2) is 0 Å². The molecular formula is C20H16Cl2O3. The van der Waals surface area contributed by atoms with E-state index < -0.39 is 0 Å². The molecule has 0 atom stereocenters. The van der Waals surface area contributed by atoms with Crippen molar-refractivity contribution in [3.05, 3.63) is 75.0 Å². The molecule has 0 radical (unpaired) electrons. The van der Waals surface area contributed by atoms with E-state index in [1.54, 1.807) is 42.5 Å². The van der Waals surface area contributed by atoms with Gasteiger partial charge in [0.05, 0.1) is 15.6 Å². The molecule has 128 valence electrons. The van der Waals surface area contributed by atoms with Gasteiger partial charge in [0.1, 0.15) is 18.1 Å². The molecule has 0 saturated carbocycles. The summed E-state index contributed by atoms with van der Waals surface area (Å²) in [6.45, 7) is 4.48. The topological polar surface area (TPSA) is 35.5 Å². The highest BCUT2D eigenvalue weighted by Gasteiger charge is 2.28. The normalized spacial score (nSPS) is 14.2. The van der Waals surface area contributed by atoms with Crippen LogP contribution in [0.5, 0.6) is 11.5 Å². The van der Waals surface area contributed by atoms with Gasteiger partial charge in [-0.3, -0.25) is 4.79 Å². The Hall–Kier alpha value is -2.23. The van der Waals surface area contributed by atoms with Gasteiger partial charge < -0.3 is 9.47 Å². The van der Waals surface area contributed by atoms with Crippen molar-refractivity contribution in [2.24, 2.45) is 0 Å². The maximum atomic E-state index is 12.5. The molecule has 0 saturated heterocycles. The van der Waals surface area contributed by atoms with E-state index in [-0.39, 0.29) is 11.5 Å². The number of allylic oxidation sites excluding steroid dienone is 2. The number of ether oxygens (including phenoxy) is 2. The Bertz CT molecular complexity index is 894. The predicted octanol–water partition coefficient (Wildman–Crippen LogP) is 5.95. The number of Topliss-reactive ketones (excluding diaryl/α,β-unsaturated/α-hetero) is 1. The van der Waals surface area contributed by atoms with Crippen LogP contribution in [0.25, 0.3) is 6.08 Å². The van der Waals surface area contributed by atoms with Gasteiger partial charge in [-0.15, -0.1) is 0 Å². The summed E-state index contributed by atoms with van der Waals surface area (Å²) in [4.78, 5) is 12.5. The van der Waals surface area contributed by atoms with Gasteiger partial charge in [-0.05, 0) is 49.8 Å². The molecule has 0 N–H and O–H groups in total. The third-order valence-corrected chi connectivity index (χ3v) is 4.48. The zero-order valence-corrected chi connectivity index (χ0v) is 15.3. The Balaban J connectivity index is 1.84. The van der Waals surface area contributed by atoms with Gasteiger partial charge in [-0.2, -0.15) is 0 Å². The Kier molecular flexibility index (Phi) is 5.16. The molecule has 0 fully saturated rings. The Labute approximate surface area is 156 Å². The fourth-order valence-corrected chi connectivity index (χ4v) is 2.70. The van der Waals surface area contributed by atoms with Crippen molar-refractivity contribution >= 4 is 35.1 Å². The van der Waals surface area contributed by atoms with Gasteiger partial charge in [0.15, 0.2) is 5.76 Å².